The van der Waals surface area contributed by atoms with Crippen molar-refractivity contribution in [3.63, 3.8) is 0 Å². The molecule has 2 rings (SSSR count). The molecule has 0 radical (unpaired) electrons. The standard InChI is InChI=1S/C9H9ClN4S/c10-9-12-5-7(15-9)6-14-4-2-1-3-8(14)13-11/h1-5H,6,11H2. The van der Waals surface area contributed by atoms with Crippen LogP contribution in [0.5, 0.6) is 0 Å². The molecule has 0 bridgehead atoms. The number of rotatable bonds is 2. The van der Waals surface area contributed by atoms with Crippen LogP contribution in [0, 0.1) is 0 Å². The van der Waals surface area contributed by atoms with Crippen LogP contribution < -0.4 is 11.3 Å². The van der Waals surface area contributed by atoms with Crippen LogP contribution in [0.2, 0.25) is 4.47 Å². The molecule has 0 amide bonds. The number of nitrogens with two attached hydrogens (primary N) is 1. The van der Waals surface area contributed by atoms with E-state index in [1.807, 2.05) is 29.0 Å². The average Bonchev–Trinajstić information content (AvgIpc) is 2.65. The average molecular weight is 241 g/mol. The molecular formula is C9H9ClN4S. The molecule has 2 heterocycles. The fourth-order valence-corrected chi connectivity index (χ4v) is 2.22. The molecule has 78 valence electrons. The van der Waals surface area contributed by atoms with E-state index in [-0.39, 0.29) is 0 Å². The summed E-state index contributed by atoms with van der Waals surface area (Å²) in [5, 5.41) is 3.69. The third-order valence-corrected chi connectivity index (χ3v) is 3.00. The van der Waals surface area contributed by atoms with E-state index in [0.29, 0.717) is 11.0 Å². The number of hydrogen-bond donors (Lipinski definition) is 1. The van der Waals surface area contributed by atoms with Crippen LogP contribution in [-0.2, 0) is 6.54 Å². The van der Waals surface area contributed by atoms with Crippen LogP contribution in [0.25, 0.3) is 0 Å². The van der Waals surface area contributed by atoms with Gasteiger partial charge in [-0.1, -0.05) is 17.7 Å². The first-order chi connectivity index (χ1) is 7.29. The molecule has 2 N–H and O–H groups in total. The van der Waals surface area contributed by atoms with Crippen LogP contribution in [-0.4, -0.2) is 9.55 Å². The number of nitrogens with zero attached hydrogens (tertiary/aromatic N) is 3. The molecule has 6 heteroatoms. The predicted octanol–water partition coefficient (Wildman–Crippen LogP) is 1.42. The molecule has 0 aliphatic rings. The highest BCUT2D eigenvalue weighted by Gasteiger charge is 2.00. The lowest BCUT2D eigenvalue weighted by atomic mass is 10.4. The van der Waals surface area contributed by atoms with E-state index in [1.54, 1.807) is 6.20 Å². The van der Waals surface area contributed by atoms with Crippen LogP contribution in [0.3, 0.4) is 0 Å². The maximum atomic E-state index is 5.75. The lowest BCUT2D eigenvalue weighted by Gasteiger charge is -2.03. The van der Waals surface area contributed by atoms with E-state index in [0.717, 1.165) is 10.4 Å². The number of halogens is 1. The summed E-state index contributed by atoms with van der Waals surface area (Å²) in [6, 6.07) is 5.67. The number of pyridine rings is 1. The molecule has 4 nitrogen and oxygen atoms in total. The van der Waals surface area contributed by atoms with E-state index >= 15 is 0 Å². The lowest BCUT2D eigenvalue weighted by molar-refractivity contribution is 0.740. The second-order valence-corrected chi connectivity index (χ2v) is 4.59. The Balaban J connectivity index is 2.32. The minimum atomic E-state index is 0.549. The topological polar surface area (TPSA) is 56.2 Å². The Hall–Kier alpha value is -1.33. The Kier molecular flexibility index (Phi) is 3.03. The maximum absolute atomic E-state index is 5.75. The molecule has 15 heavy (non-hydrogen) atoms. The molecule has 0 fully saturated rings. The van der Waals surface area contributed by atoms with Gasteiger partial charge in [-0.05, 0) is 12.1 Å². The fraction of sp³-hybridized carbons (Fsp3) is 0.111. The molecule has 0 spiro atoms. The molecule has 0 atom stereocenters. The summed E-state index contributed by atoms with van der Waals surface area (Å²) in [6.45, 7) is 0.682. The van der Waals surface area contributed by atoms with Gasteiger partial charge < -0.3 is 10.4 Å². The molecule has 0 saturated carbocycles. The van der Waals surface area contributed by atoms with Crippen molar-refractivity contribution in [2.24, 2.45) is 10.9 Å². The first-order valence-corrected chi connectivity index (χ1v) is 5.48. The summed E-state index contributed by atoms with van der Waals surface area (Å²) in [4.78, 5) is 5.05. The summed E-state index contributed by atoms with van der Waals surface area (Å²) in [6.07, 6.45) is 3.67. The summed E-state index contributed by atoms with van der Waals surface area (Å²) in [7, 11) is 0. The van der Waals surface area contributed by atoms with Crippen LogP contribution in [0.1, 0.15) is 4.88 Å². The first-order valence-electron chi connectivity index (χ1n) is 4.29. The van der Waals surface area contributed by atoms with Crippen molar-refractivity contribution in [2.45, 2.75) is 6.54 Å². The van der Waals surface area contributed by atoms with E-state index in [1.165, 1.54) is 11.3 Å². The van der Waals surface area contributed by atoms with E-state index < -0.39 is 0 Å². The van der Waals surface area contributed by atoms with Crippen molar-refractivity contribution in [1.82, 2.24) is 9.55 Å². The molecule has 0 aromatic carbocycles. The highest BCUT2D eigenvalue weighted by atomic mass is 35.5. The minimum absolute atomic E-state index is 0.549. The van der Waals surface area contributed by atoms with Crippen LogP contribution >= 0.6 is 22.9 Å². The Morgan fingerprint density at radius 1 is 1.53 bits per heavy atom. The van der Waals surface area contributed by atoms with Crippen molar-refractivity contribution >= 4 is 22.9 Å². The largest absolute Gasteiger partial charge is 0.326 e. The normalized spacial score (nSPS) is 11.9. The molecule has 2 aromatic heterocycles. The van der Waals surface area contributed by atoms with E-state index in [9.17, 15) is 0 Å². The van der Waals surface area contributed by atoms with Gasteiger partial charge in [-0.2, -0.15) is 5.10 Å². The van der Waals surface area contributed by atoms with E-state index in [4.69, 9.17) is 17.4 Å². The van der Waals surface area contributed by atoms with E-state index in [2.05, 4.69) is 10.1 Å². The lowest BCUT2D eigenvalue weighted by Crippen LogP contribution is -2.21. The Morgan fingerprint density at radius 3 is 3.07 bits per heavy atom. The first kappa shape index (κ1) is 10.2. The predicted molar refractivity (Wildman–Crippen MR) is 60.4 cm³/mol. The molecule has 0 aliphatic heterocycles. The Bertz CT molecular complexity index is 517. The zero-order valence-corrected chi connectivity index (χ0v) is 9.37. The van der Waals surface area contributed by atoms with Crippen molar-refractivity contribution in [3.8, 4) is 0 Å². The summed E-state index contributed by atoms with van der Waals surface area (Å²) in [5.74, 6) is 5.28. The molecule has 0 aliphatic carbocycles. The van der Waals surface area contributed by atoms with Gasteiger partial charge in [0.15, 0.2) is 9.95 Å². The highest BCUT2D eigenvalue weighted by molar-refractivity contribution is 7.15. The quantitative estimate of drug-likeness (QED) is 0.638. The minimum Gasteiger partial charge on any atom is -0.326 e. The maximum Gasteiger partial charge on any atom is 0.183 e. The summed E-state index contributed by atoms with van der Waals surface area (Å²) in [5.41, 5.74) is 0.724. The SMILES string of the molecule is NN=c1ccccn1Cc1cnc(Cl)s1. The van der Waals surface area contributed by atoms with Crippen molar-refractivity contribution in [1.29, 1.82) is 0 Å². The van der Waals surface area contributed by atoms with Gasteiger partial charge >= 0.3 is 0 Å². The zero-order valence-electron chi connectivity index (χ0n) is 7.80. The van der Waals surface area contributed by atoms with Gasteiger partial charge in [0.2, 0.25) is 0 Å². The van der Waals surface area contributed by atoms with Gasteiger partial charge in [-0.3, -0.25) is 0 Å². The van der Waals surface area contributed by atoms with Gasteiger partial charge in [0.1, 0.15) is 0 Å². The monoisotopic (exact) mass is 240 g/mol. The van der Waals surface area contributed by atoms with Gasteiger partial charge in [0, 0.05) is 17.3 Å². The van der Waals surface area contributed by atoms with Gasteiger partial charge in [-0.15, -0.1) is 11.3 Å². The second kappa shape index (κ2) is 4.46. The third kappa shape index (κ3) is 2.37. The smallest absolute Gasteiger partial charge is 0.183 e. The number of hydrogen-bond acceptors (Lipinski definition) is 4. The zero-order chi connectivity index (χ0) is 10.7. The van der Waals surface area contributed by atoms with Gasteiger partial charge in [0.05, 0.1) is 6.54 Å². The fourth-order valence-electron chi connectivity index (χ4n) is 1.24. The summed E-state index contributed by atoms with van der Waals surface area (Å²) < 4.78 is 2.48. The summed E-state index contributed by atoms with van der Waals surface area (Å²) >= 11 is 7.20. The number of thiazole rings is 1. The molecular weight excluding hydrogens is 232 g/mol. The van der Waals surface area contributed by atoms with Crippen LogP contribution in [0.4, 0.5) is 0 Å². The third-order valence-electron chi connectivity index (χ3n) is 1.90. The Labute approximate surface area is 95.7 Å². The van der Waals surface area contributed by atoms with Gasteiger partial charge in [-0.25, -0.2) is 4.98 Å². The molecule has 2 aromatic rings. The van der Waals surface area contributed by atoms with Crippen molar-refractivity contribution in [2.75, 3.05) is 0 Å². The van der Waals surface area contributed by atoms with Crippen molar-refractivity contribution < 1.29 is 0 Å². The molecule has 0 saturated heterocycles. The highest BCUT2D eigenvalue weighted by Crippen LogP contribution is 2.17. The molecule has 0 unspecified atom stereocenters. The van der Waals surface area contributed by atoms with Crippen LogP contribution in [0.15, 0.2) is 35.7 Å². The van der Waals surface area contributed by atoms with Gasteiger partial charge in [0.25, 0.3) is 0 Å². The Morgan fingerprint density at radius 2 is 2.40 bits per heavy atom. The number of aromatic nitrogens is 2. The van der Waals surface area contributed by atoms with Crippen molar-refractivity contribution in [3.05, 3.63) is 45.4 Å². The second-order valence-electron chi connectivity index (χ2n) is 2.90.